The van der Waals surface area contributed by atoms with E-state index in [1.807, 2.05) is 77.4 Å². The molecule has 0 saturated heterocycles. The van der Waals surface area contributed by atoms with Crippen molar-refractivity contribution in [2.75, 3.05) is 7.11 Å². The van der Waals surface area contributed by atoms with E-state index in [9.17, 15) is 0 Å². The highest BCUT2D eigenvalue weighted by atomic mass is 35.5. The number of ether oxygens (including phenoxy) is 1. The highest BCUT2D eigenvalue weighted by molar-refractivity contribution is 7.98. The quantitative estimate of drug-likeness (QED) is 0.318. The zero-order valence-electron chi connectivity index (χ0n) is 15.5. The SMILES string of the molecule is COc1ccc(-n2c(SCc3ccccc3Cl)nnc2-c2ccc(Cl)cc2)cc1. The van der Waals surface area contributed by atoms with E-state index >= 15 is 0 Å². The molecule has 0 unspecified atom stereocenters. The predicted octanol–water partition coefficient (Wildman–Crippen LogP) is 6.54. The maximum absolute atomic E-state index is 6.31. The van der Waals surface area contributed by atoms with Gasteiger partial charge in [-0.1, -0.05) is 53.2 Å². The second-order valence-electron chi connectivity index (χ2n) is 6.23. The first-order valence-electron chi connectivity index (χ1n) is 8.87. The number of benzene rings is 3. The second-order valence-corrected chi connectivity index (χ2v) is 8.01. The molecule has 0 fully saturated rings. The molecule has 0 aliphatic rings. The molecule has 0 bridgehead atoms. The number of hydrogen-bond acceptors (Lipinski definition) is 4. The van der Waals surface area contributed by atoms with E-state index in [2.05, 4.69) is 10.2 Å². The summed E-state index contributed by atoms with van der Waals surface area (Å²) in [5.41, 5.74) is 2.93. The molecule has 0 radical (unpaired) electrons. The van der Waals surface area contributed by atoms with Crippen molar-refractivity contribution in [3.8, 4) is 22.8 Å². The van der Waals surface area contributed by atoms with Gasteiger partial charge in [-0.05, 0) is 60.2 Å². The maximum Gasteiger partial charge on any atom is 0.196 e. The molecule has 0 aliphatic heterocycles. The largest absolute Gasteiger partial charge is 0.497 e. The van der Waals surface area contributed by atoms with Crippen LogP contribution in [-0.2, 0) is 5.75 Å². The van der Waals surface area contributed by atoms with Gasteiger partial charge in [0.05, 0.1) is 7.11 Å². The Morgan fingerprint density at radius 1 is 0.897 bits per heavy atom. The van der Waals surface area contributed by atoms with Gasteiger partial charge in [0.1, 0.15) is 5.75 Å². The van der Waals surface area contributed by atoms with Gasteiger partial charge in [0.2, 0.25) is 0 Å². The van der Waals surface area contributed by atoms with E-state index in [1.165, 1.54) is 0 Å². The highest BCUT2D eigenvalue weighted by Crippen LogP contribution is 2.32. The Morgan fingerprint density at radius 3 is 2.31 bits per heavy atom. The summed E-state index contributed by atoms with van der Waals surface area (Å²) in [6, 6.07) is 23.2. The third-order valence-electron chi connectivity index (χ3n) is 4.38. The first-order valence-corrected chi connectivity index (χ1v) is 10.6. The summed E-state index contributed by atoms with van der Waals surface area (Å²) in [5.74, 6) is 2.22. The molecule has 7 heteroatoms. The number of hydrogen-bond donors (Lipinski definition) is 0. The van der Waals surface area contributed by atoms with Crippen LogP contribution >= 0.6 is 35.0 Å². The van der Waals surface area contributed by atoms with Crippen molar-refractivity contribution >= 4 is 35.0 Å². The third kappa shape index (κ3) is 4.42. The van der Waals surface area contributed by atoms with Crippen molar-refractivity contribution in [1.29, 1.82) is 0 Å². The van der Waals surface area contributed by atoms with Crippen LogP contribution in [0.5, 0.6) is 5.75 Å². The molecular formula is C22H17Cl2N3OS. The molecule has 0 atom stereocenters. The number of aromatic nitrogens is 3. The average molecular weight is 442 g/mol. The molecule has 0 N–H and O–H groups in total. The average Bonchev–Trinajstić information content (AvgIpc) is 3.17. The minimum atomic E-state index is 0.678. The Bertz CT molecular complexity index is 1110. The van der Waals surface area contributed by atoms with Gasteiger partial charge >= 0.3 is 0 Å². The molecule has 0 saturated carbocycles. The minimum Gasteiger partial charge on any atom is -0.497 e. The van der Waals surface area contributed by atoms with Crippen LogP contribution in [0.2, 0.25) is 10.0 Å². The van der Waals surface area contributed by atoms with Crippen molar-refractivity contribution in [2.24, 2.45) is 0 Å². The molecule has 0 aliphatic carbocycles. The normalized spacial score (nSPS) is 10.9. The molecule has 1 heterocycles. The molecule has 0 amide bonds. The van der Waals surface area contributed by atoms with Gasteiger partial charge < -0.3 is 4.74 Å². The fourth-order valence-electron chi connectivity index (χ4n) is 2.87. The van der Waals surface area contributed by atoms with E-state index in [-0.39, 0.29) is 0 Å². The molecule has 1 aromatic heterocycles. The third-order valence-corrected chi connectivity index (χ3v) is 5.98. The Balaban J connectivity index is 1.74. The summed E-state index contributed by atoms with van der Waals surface area (Å²) in [6.45, 7) is 0. The molecule has 29 heavy (non-hydrogen) atoms. The lowest BCUT2D eigenvalue weighted by Crippen LogP contribution is -2.00. The van der Waals surface area contributed by atoms with Crippen LogP contribution in [0.15, 0.2) is 78.0 Å². The zero-order chi connectivity index (χ0) is 20.2. The van der Waals surface area contributed by atoms with Gasteiger partial charge in [0.15, 0.2) is 11.0 Å². The topological polar surface area (TPSA) is 39.9 Å². The van der Waals surface area contributed by atoms with Crippen LogP contribution in [0.4, 0.5) is 0 Å². The van der Waals surface area contributed by atoms with E-state index in [0.29, 0.717) is 10.8 Å². The maximum atomic E-state index is 6.31. The molecule has 4 rings (SSSR count). The first kappa shape index (κ1) is 19.8. The van der Waals surface area contributed by atoms with Crippen LogP contribution in [0.3, 0.4) is 0 Å². The van der Waals surface area contributed by atoms with Crippen molar-refractivity contribution in [3.63, 3.8) is 0 Å². The van der Waals surface area contributed by atoms with Crippen LogP contribution < -0.4 is 4.74 Å². The number of nitrogens with zero attached hydrogens (tertiary/aromatic N) is 3. The van der Waals surface area contributed by atoms with Crippen LogP contribution in [0.25, 0.3) is 17.1 Å². The summed E-state index contributed by atoms with van der Waals surface area (Å²) in [6.07, 6.45) is 0. The van der Waals surface area contributed by atoms with E-state index < -0.39 is 0 Å². The van der Waals surface area contributed by atoms with Crippen molar-refractivity contribution in [3.05, 3.63) is 88.4 Å². The summed E-state index contributed by atoms with van der Waals surface area (Å²) in [4.78, 5) is 0. The van der Waals surface area contributed by atoms with Gasteiger partial charge in [-0.3, -0.25) is 4.57 Å². The molecule has 146 valence electrons. The predicted molar refractivity (Wildman–Crippen MR) is 119 cm³/mol. The van der Waals surface area contributed by atoms with Gasteiger partial charge in [0, 0.05) is 27.0 Å². The lowest BCUT2D eigenvalue weighted by Gasteiger charge is -2.11. The summed E-state index contributed by atoms with van der Waals surface area (Å²) in [7, 11) is 1.65. The Labute approximate surface area is 183 Å². The van der Waals surface area contributed by atoms with Gasteiger partial charge in [-0.25, -0.2) is 0 Å². The molecular weight excluding hydrogens is 425 g/mol. The molecule has 4 aromatic rings. The van der Waals surface area contributed by atoms with E-state index in [4.69, 9.17) is 27.9 Å². The van der Waals surface area contributed by atoms with Crippen molar-refractivity contribution < 1.29 is 4.74 Å². The van der Waals surface area contributed by atoms with E-state index in [1.54, 1.807) is 18.9 Å². The Hall–Kier alpha value is -2.47. The van der Waals surface area contributed by atoms with Crippen molar-refractivity contribution in [1.82, 2.24) is 14.8 Å². The fourth-order valence-corrected chi connectivity index (χ4v) is 4.23. The first-order chi connectivity index (χ1) is 14.2. The molecule has 0 spiro atoms. The number of halogens is 2. The van der Waals surface area contributed by atoms with Crippen LogP contribution in [-0.4, -0.2) is 21.9 Å². The monoisotopic (exact) mass is 441 g/mol. The Morgan fingerprint density at radius 2 is 1.62 bits per heavy atom. The number of thioether (sulfide) groups is 1. The summed E-state index contributed by atoms with van der Waals surface area (Å²) in [5, 5.41) is 11.1. The lowest BCUT2D eigenvalue weighted by atomic mass is 10.2. The van der Waals surface area contributed by atoms with Gasteiger partial charge in [0.25, 0.3) is 0 Å². The van der Waals surface area contributed by atoms with E-state index in [0.717, 1.165) is 38.6 Å². The second kappa shape index (κ2) is 8.91. The standard InChI is InChI=1S/C22H17Cl2N3OS/c1-28-19-12-10-18(11-13-19)27-21(15-6-8-17(23)9-7-15)25-26-22(27)29-14-16-4-2-3-5-20(16)24/h2-13H,14H2,1H3. The van der Waals surface area contributed by atoms with Gasteiger partial charge in [-0.2, -0.15) is 0 Å². The zero-order valence-corrected chi connectivity index (χ0v) is 17.9. The fraction of sp³-hybridized carbons (Fsp3) is 0.0909. The number of methoxy groups -OCH3 is 1. The molecule has 4 nitrogen and oxygen atoms in total. The highest BCUT2D eigenvalue weighted by Gasteiger charge is 2.17. The number of rotatable bonds is 6. The smallest absolute Gasteiger partial charge is 0.196 e. The Kier molecular flexibility index (Phi) is 6.09. The summed E-state index contributed by atoms with van der Waals surface area (Å²) >= 11 is 14.0. The minimum absolute atomic E-state index is 0.678. The summed E-state index contributed by atoms with van der Waals surface area (Å²) < 4.78 is 7.32. The van der Waals surface area contributed by atoms with Crippen LogP contribution in [0.1, 0.15) is 5.56 Å². The molecule has 3 aromatic carbocycles. The van der Waals surface area contributed by atoms with Crippen LogP contribution in [0, 0.1) is 0 Å². The van der Waals surface area contributed by atoms with Gasteiger partial charge in [-0.15, -0.1) is 10.2 Å². The lowest BCUT2D eigenvalue weighted by molar-refractivity contribution is 0.414. The van der Waals surface area contributed by atoms with Crippen molar-refractivity contribution in [2.45, 2.75) is 10.9 Å².